The van der Waals surface area contributed by atoms with Crippen LogP contribution in [0.4, 0.5) is 0 Å². The second-order valence-corrected chi connectivity index (χ2v) is 5.92. The van der Waals surface area contributed by atoms with Gasteiger partial charge in [0.1, 0.15) is 0 Å². The molecule has 1 atom stereocenters. The number of carboxylic acid groups (broad SMARTS) is 2. The maximum atomic E-state index is 10.8. The van der Waals surface area contributed by atoms with Crippen LogP contribution in [0.3, 0.4) is 0 Å². The van der Waals surface area contributed by atoms with Crippen LogP contribution >= 0.6 is 0 Å². The average Bonchev–Trinajstić information content (AvgIpc) is 2.47. The Labute approximate surface area is 191 Å². The van der Waals surface area contributed by atoms with E-state index in [4.69, 9.17) is 0 Å². The van der Waals surface area contributed by atoms with Crippen molar-refractivity contribution in [3.05, 3.63) is 0 Å². The quantitative estimate of drug-likeness (QED) is 0.220. The molecule has 0 fully saturated rings. The van der Waals surface area contributed by atoms with Gasteiger partial charge in [0.2, 0.25) is 0 Å². The molecule has 0 saturated carbocycles. The Morgan fingerprint density at radius 1 is 0.833 bits per heavy atom. The van der Waals surface area contributed by atoms with Crippen LogP contribution < -0.4 is 74.6 Å². The molecule has 0 aliphatic heterocycles. The first-order chi connectivity index (χ1) is 10.6. The van der Waals surface area contributed by atoms with Crippen molar-refractivity contribution in [3.63, 3.8) is 0 Å². The summed E-state index contributed by atoms with van der Waals surface area (Å²) in [6, 6.07) is -0.892. The smallest absolute Gasteiger partial charge is 0.550 e. The van der Waals surface area contributed by atoms with Crippen LogP contribution in [0.1, 0.15) is 84.0 Å². The van der Waals surface area contributed by atoms with Gasteiger partial charge < -0.3 is 25.1 Å². The fraction of sp³-hybridized carbons (Fsp3) is 0.882. The largest absolute Gasteiger partial charge is 1.00 e. The van der Waals surface area contributed by atoms with Crippen molar-refractivity contribution < 1.29 is 78.9 Å². The third-order valence-electron chi connectivity index (χ3n) is 3.84. The minimum atomic E-state index is -1.24. The molecule has 0 spiro atoms. The molecule has 0 aliphatic carbocycles. The minimum Gasteiger partial charge on any atom is -0.550 e. The number of nitrogens with one attached hydrogen (secondary N) is 1. The van der Waals surface area contributed by atoms with Gasteiger partial charge in [-0.05, 0) is 25.8 Å². The van der Waals surface area contributed by atoms with E-state index >= 15 is 0 Å². The normalized spacial score (nSPS) is 11.2. The standard InChI is InChI=1S/C17H33NO4.2Na/c1-2-3-4-5-6-7-8-9-10-11-14-18-15(17(21)22)12-13-16(19)20;;/h15,18H,2-14H2,1H3,(H,19,20)(H,21,22);;/q;2*+1/p-2. The van der Waals surface area contributed by atoms with Crippen molar-refractivity contribution in [2.45, 2.75) is 90.0 Å². The number of aliphatic carboxylic acids is 2. The Balaban J connectivity index is -0.00000220. The van der Waals surface area contributed by atoms with E-state index in [2.05, 4.69) is 12.2 Å². The van der Waals surface area contributed by atoms with Crippen molar-refractivity contribution in [1.29, 1.82) is 0 Å². The van der Waals surface area contributed by atoms with Gasteiger partial charge in [0, 0.05) is 12.0 Å². The second kappa shape index (κ2) is 21.9. The second-order valence-electron chi connectivity index (χ2n) is 5.92. The van der Waals surface area contributed by atoms with Crippen LogP contribution in [0.5, 0.6) is 0 Å². The van der Waals surface area contributed by atoms with Crippen LogP contribution in [0.25, 0.3) is 0 Å². The number of carboxylic acids is 2. The van der Waals surface area contributed by atoms with Gasteiger partial charge in [-0.3, -0.25) is 0 Å². The van der Waals surface area contributed by atoms with E-state index in [1.54, 1.807) is 0 Å². The van der Waals surface area contributed by atoms with E-state index in [1.165, 1.54) is 51.4 Å². The molecule has 0 bridgehead atoms. The zero-order valence-electron chi connectivity index (χ0n) is 15.9. The number of carbonyl (C=O) groups excluding carboxylic acids is 2. The van der Waals surface area contributed by atoms with Gasteiger partial charge in [-0.25, -0.2) is 0 Å². The molecule has 0 radical (unpaired) electrons. The SMILES string of the molecule is CCCCCCCCCCCCNC(CCC(=O)[O-])C(=O)[O-].[Na+].[Na+]. The molecule has 0 aromatic heterocycles. The van der Waals surface area contributed by atoms with E-state index in [-0.39, 0.29) is 72.0 Å². The molecular weight excluding hydrogens is 328 g/mol. The van der Waals surface area contributed by atoms with Gasteiger partial charge in [-0.15, -0.1) is 0 Å². The Bertz CT molecular complexity index is 304. The number of unbranched alkanes of at least 4 members (excludes halogenated alkanes) is 9. The summed E-state index contributed by atoms with van der Waals surface area (Å²) in [5.41, 5.74) is 0. The van der Waals surface area contributed by atoms with Gasteiger partial charge in [0.05, 0.1) is 5.97 Å². The molecule has 24 heavy (non-hydrogen) atoms. The molecule has 0 heterocycles. The number of rotatable bonds is 16. The molecule has 0 saturated heterocycles. The van der Waals surface area contributed by atoms with Gasteiger partial charge in [-0.2, -0.15) is 0 Å². The topological polar surface area (TPSA) is 92.3 Å². The molecule has 130 valence electrons. The van der Waals surface area contributed by atoms with E-state index in [9.17, 15) is 19.8 Å². The monoisotopic (exact) mass is 359 g/mol. The molecular formula is C17H31NNa2O4. The summed E-state index contributed by atoms with van der Waals surface area (Å²) in [5, 5.41) is 24.0. The van der Waals surface area contributed by atoms with Gasteiger partial charge >= 0.3 is 59.1 Å². The van der Waals surface area contributed by atoms with E-state index in [0.29, 0.717) is 6.54 Å². The van der Waals surface area contributed by atoms with Crippen molar-refractivity contribution in [2.24, 2.45) is 0 Å². The summed E-state index contributed by atoms with van der Waals surface area (Å²) in [5.74, 6) is -2.47. The summed E-state index contributed by atoms with van der Waals surface area (Å²) in [4.78, 5) is 21.2. The van der Waals surface area contributed by atoms with Crippen molar-refractivity contribution in [1.82, 2.24) is 5.32 Å². The molecule has 0 amide bonds. The first-order valence-electron chi connectivity index (χ1n) is 8.72. The zero-order valence-corrected chi connectivity index (χ0v) is 19.9. The molecule has 0 rings (SSSR count). The zero-order chi connectivity index (χ0) is 16.6. The molecule has 1 unspecified atom stereocenters. The molecule has 1 N–H and O–H groups in total. The van der Waals surface area contributed by atoms with Crippen molar-refractivity contribution in [2.75, 3.05) is 6.54 Å². The average molecular weight is 359 g/mol. The van der Waals surface area contributed by atoms with Gasteiger partial charge in [-0.1, -0.05) is 64.7 Å². The molecule has 5 nitrogen and oxygen atoms in total. The maximum absolute atomic E-state index is 10.8. The van der Waals surface area contributed by atoms with Gasteiger partial charge in [0.15, 0.2) is 0 Å². The molecule has 0 aliphatic rings. The van der Waals surface area contributed by atoms with Crippen LogP contribution in [0.15, 0.2) is 0 Å². The summed E-state index contributed by atoms with van der Waals surface area (Å²) in [6.45, 7) is 2.81. The van der Waals surface area contributed by atoms with Crippen LogP contribution in [0.2, 0.25) is 0 Å². The fourth-order valence-corrected chi connectivity index (χ4v) is 2.45. The van der Waals surface area contributed by atoms with E-state index in [1.807, 2.05) is 0 Å². The van der Waals surface area contributed by atoms with Crippen LogP contribution in [-0.4, -0.2) is 24.5 Å². The summed E-state index contributed by atoms with van der Waals surface area (Å²) >= 11 is 0. The molecule has 0 aromatic carbocycles. The first kappa shape index (κ1) is 29.7. The van der Waals surface area contributed by atoms with Crippen molar-refractivity contribution >= 4 is 11.9 Å². The first-order valence-corrected chi connectivity index (χ1v) is 8.72. The Hall–Kier alpha value is 0.900. The van der Waals surface area contributed by atoms with E-state index < -0.39 is 18.0 Å². The van der Waals surface area contributed by atoms with Crippen LogP contribution in [-0.2, 0) is 9.59 Å². The predicted octanol–water partition coefficient (Wildman–Crippen LogP) is -4.85. The maximum Gasteiger partial charge on any atom is 1.00 e. The number of hydrogen-bond acceptors (Lipinski definition) is 5. The third-order valence-corrected chi connectivity index (χ3v) is 3.84. The summed E-state index contributed by atoms with van der Waals surface area (Å²) in [7, 11) is 0. The Morgan fingerprint density at radius 3 is 1.71 bits per heavy atom. The van der Waals surface area contributed by atoms with Gasteiger partial charge in [0.25, 0.3) is 0 Å². The van der Waals surface area contributed by atoms with Crippen molar-refractivity contribution in [3.8, 4) is 0 Å². The molecule has 0 aromatic rings. The van der Waals surface area contributed by atoms with E-state index in [0.717, 1.165) is 12.8 Å². The van der Waals surface area contributed by atoms with Crippen LogP contribution in [0, 0.1) is 0 Å². The summed E-state index contributed by atoms with van der Waals surface area (Å²) < 4.78 is 0. The fourth-order valence-electron chi connectivity index (χ4n) is 2.45. The minimum absolute atomic E-state index is 0. The summed E-state index contributed by atoms with van der Waals surface area (Å²) in [6.07, 6.45) is 12.0. The number of carbonyl (C=O) groups is 2. The Kier molecular flexibility index (Phi) is 27.1. The third kappa shape index (κ3) is 20.9. The Morgan fingerprint density at radius 2 is 1.29 bits per heavy atom. The number of hydrogen-bond donors (Lipinski definition) is 1. The predicted molar refractivity (Wildman–Crippen MR) is 82.9 cm³/mol. The molecule has 7 heteroatoms.